The third kappa shape index (κ3) is 7.86. The summed E-state index contributed by atoms with van der Waals surface area (Å²) in [6, 6.07) is 24.4. The molecule has 2 amide bonds. The van der Waals surface area contributed by atoms with Gasteiger partial charge in [-0.05, 0) is 44.5 Å². The Morgan fingerprint density at radius 3 is 1.59 bits per heavy atom. The van der Waals surface area contributed by atoms with Gasteiger partial charge in [0.2, 0.25) is 0 Å². The van der Waals surface area contributed by atoms with Crippen LogP contribution in [0.3, 0.4) is 0 Å². The first kappa shape index (κ1) is 40.6. The molecule has 0 bridgehead atoms. The van der Waals surface area contributed by atoms with Crippen molar-refractivity contribution in [2.24, 2.45) is 0 Å². The number of nitrogens with zero attached hydrogens (tertiary/aromatic N) is 10. The van der Waals surface area contributed by atoms with Gasteiger partial charge in [0.1, 0.15) is 5.75 Å². The number of aromatic nitrogens is 6. The Labute approximate surface area is 352 Å². The molecule has 0 saturated carbocycles. The van der Waals surface area contributed by atoms with E-state index in [2.05, 4.69) is 43.0 Å². The molecule has 0 unspecified atom stereocenters. The van der Waals surface area contributed by atoms with Crippen LogP contribution in [0.5, 0.6) is 5.75 Å². The Kier molecular flexibility index (Phi) is 11.7. The molecule has 0 atom stereocenters. The van der Waals surface area contributed by atoms with E-state index in [0.29, 0.717) is 85.3 Å². The van der Waals surface area contributed by atoms with Crippen LogP contribution in [0.2, 0.25) is 0 Å². The van der Waals surface area contributed by atoms with Crippen LogP contribution in [0, 0.1) is 6.92 Å². The summed E-state index contributed by atoms with van der Waals surface area (Å²) >= 11 is 0. The zero-order chi connectivity index (χ0) is 42.6. The van der Waals surface area contributed by atoms with Gasteiger partial charge in [-0.25, -0.2) is 9.36 Å². The molecule has 7 aromatic rings. The van der Waals surface area contributed by atoms with Crippen LogP contribution in [-0.4, -0.2) is 111 Å². The molecule has 6 heterocycles. The Hall–Kier alpha value is -7.16. The largest absolute Gasteiger partial charge is 0.494 e. The highest BCUT2D eigenvalue weighted by Gasteiger charge is 2.29. The molecule has 15 heteroatoms. The van der Waals surface area contributed by atoms with Crippen molar-refractivity contribution in [2.45, 2.75) is 33.9 Å². The molecule has 2 aliphatic rings. The van der Waals surface area contributed by atoms with E-state index in [4.69, 9.17) is 4.74 Å². The quantitative estimate of drug-likeness (QED) is 0.213. The van der Waals surface area contributed by atoms with Crippen molar-refractivity contribution >= 4 is 55.6 Å². The molecule has 61 heavy (non-hydrogen) atoms. The van der Waals surface area contributed by atoms with E-state index in [1.54, 1.807) is 54.7 Å². The first-order valence-corrected chi connectivity index (χ1v) is 20.6. The van der Waals surface area contributed by atoms with E-state index in [1.807, 2.05) is 67.4 Å². The summed E-state index contributed by atoms with van der Waals surface area (Å²) in [6.45, 7) is 11.7. The fourth-order valence-corrected chi connectivity index (χ4v) is 8.23. The third-order valence-electron chi connectivity index (χ3n) is 11.4. The number of hydrogen-bond acceptors (Lipinski definition) is 11. The van der Waals surface area contributed by atoms with Gasteiger partial charge in [-0.1, -0.05) is 54.6 Å². The maximum atomic E-state index is 13.4. The van der Waals surface area contributed by atoms with Crippen LogP contribution in [0.1, 0.15) is 40.4 Å². The molecular weight excluding hydrogens is 773 g/mol. The van der Waals surface area contributed by atoms with E-state index in [-0.39, 0.29) is 22.9 Å². The predicted molar refractivity (Wildman–Crippen MR) is 237 cm³/mol. The molecule has 3 aromatic carbocycles. The molecule has 2 aliphatic heterocycles. The van der Waals surface area contributed by atoms with Crippen molar-refractivity contribution in [3.8, 4) is 5.75 Å². The number of pyridine rings is 2. The van der Waals surface area contributed by atoms with Gasteiger partial charge in [0.25, 0.3) is 22.9 Å². The summed E-state index contributed by atoms with van der Waals surface area (Å²) in [5.41, 5.74) is 4.56. The van der Waals surface area contributed by atoms with Gasteiger partial charge in [-0.2, -0.15) is 10.2 Å². The van der Waals surface area contributed by atoms with Crippen molar-refractivity contribution in [1.29, 1.82) is 0 Å². The summed E-state index contributed by atoms with van der Waals surface area (Å²) in [6.07, 6.45) is 5.39. The number of carbonyl (C=O) groups excluding carboxylic acids is 2. The molecule has 15 nitrogen and oxygen atoms in total. The van der Waals surface area contributed by atoms with E-state index < -0.39 is 0 Å². The zero-order valence-corrected chi connectivity index (χ0v) is 34.8. The molecule has 0 spiro atoms. The molecular formula is C46H48N10O5. The number of benzene rings is 3. The summed E-state index contributed by atoms with van der Waals surface area (Å²) in [5.74, 6) is 0.489. The Morgan fingerprint density at radius 2 is 1.08 bits per heavy atom. The smallest absolute Gasteiger partial charge is 0.275 e. The first-order chi connectivity index (χ1) is 29.7. The lowest BCUT2D eigenvalue weighted by Crippen LogP contribution is -2.49. The molecule has 0 aliphatic carbocycles. The summed E-state index contributed by atoms with van der Waals surface area (Å²) in [7, 11) is 1.64. The number of ether oxygens (including phenoxy) is 1. The van der Waals surface area contributed by atoms with Crippen molar-refractivity contribution < 1.29 is 14.3 Å². The number of amides is 2. The average Bonchev–Trinajstić information content (AvgIpc) is 3.32. The van der Waals surface area contributed by atoms with E-state index >= 15 is 0 Å². The second-order valence-electron chi connectivity index (χ2n) is 14.9. The number of anilines is 2. The number of piperazine rings is 2. The minimum absolute atomic E-state index is 0.126. The summed E-state index contributed by atoms with van der Waals surface area (Å²) in [5, 5.41) is 12.2. The van der Waals surface area contributed by atoms with Crippen LogP contribution in [0.4, 0.5) is 11.4 Å². The second-order valence-corrected chi connectivity index (χ2v) is 14.9. The minimum atomic E-state index is -0.173. The fourth-order valence-electron chi connectivity index (χ4n) is 8.23. The number of hydrogen-bond donors (Lipinski definition) is 0. The maximum Gasteiger partial charge on any atom is 0.275 e. The first-order valence-electron chi connectivity index (χ1n) is 20.6. The monoisotopic (exact) mass is 820 g/mol. The predicted octanol–water partition coefficient (Wildman–Crippen LogP) is 5.02. The lowest BCUT2D eigenvalue weighted by Gasteiger charge is -2.37. The van der Waals surface area contributed by atoms with Gasteiger partial charge in [0, 0.05) is 100 Å². The lowest BCUT2D eigenvalue weighted by atomic mass is 10.1. The Balaban J connectivity index is 0.000000169. The minimum Gasteiger partial charge on any atom is -0.494 e. The summed E-state index contributed by atoms with van der Waals surface area (Å²) in [4.78, 5) is 68.7. The normalized spacial score (nSPS) is 14.3. The van der Waals surface area contributed by atoms with Crippen LogP contribution in [-0.2, 0) is 13.1 Å². The second kappa shape index (κ2) is 17.6. The van der Waals surface area contributed by atoms with Gasteiger partial charge in [0.05, 0.1) is 41.0 Å². The third-order valence-corrected chi connectivity index (χ3v) is 11.4. The topological polar surface area (TPSA) is 152 Å². The number of carbonyl (C=O) groups is 2. The molecule has 0 radical (unpaired) electrons. The van der Waals surface area contributed by atoms with Gasteiger partial charge < -0.3 is 24.3 Å². The number of aryl methyl sites for hydroxylation is 3. The molecule has 312 valence electrons. The van der Waals surface area contributed by atoms with Crippen LogP contribution >= 0.6 is 0 Å². The molecule has 4 aromatic heterocycles. The molecule has 2 saturated heterocycles. The lowest BCUT2D eigenvalue weighted by molar-refractivity contribution is 0.0733. The molecule has 2 fully saturated rings. The highest BCUT2D eigenvalue weighted by Crippen LogP contribution is 2.31. The standard InChI is InChI=1S/C25H25N5O2.C21H23N5O3/c1-3-30-24(31)19-9-5-4-8-18(19)22(27-30)25(32)29-14-12-28(13-15-29)23-17(2)16-26-21-11-7-6-10-20(21)23;1-3-26-20(27)16-7-5-4-6-15(16)19(23-26)21(28)25-12-10-24(11-13-25)17-14-22-9-8-18(17)29-2/h4-11,16H,3,12-15H2,1-2H3;4-9,14H,3,10-13H2,1-2H3. The maximum absolute atomic E-state index is 13.4. The Bertz CT molecular complexity index is 2880. The fraction of sp³-hybridized carbons (Fsp3) is 0.304. The van der Waals surface area contributed by atoms with Crippen LogP contribution in [0.25, 0.3) is 32.4 Å². The zero-order valence-electron chi connectivity index (χ0n) is 34.8. The number of methoxy groups -OCH3 is 1. The summed E-state index contributed by atoms with van der Waals surface area (Å²) < 4.78 is 8.15. The van der Waals surface area contributed by atoms with Crippen molar-refractivity contribution in [1.82, 2.24) is 39.3 Å². The number of rotatable bonds is 7. The van der Waals surface area contributed by atoms with Gasteiger partial charge in [-0.3, -0.25) is 29.1 Å². The van der Waals surface area contributed by atoms with Crippen LogP contribution in [0.15, 0.2) is 107 Å². The number of para-hydroxylation sites is 1. The van der Waals surface area contributed by atoms with Crippen molar-refractivity contribution in [3.63, 3.8) is 0 Å². The Morgan fingerprint density at radius 1 is 0.607 bits per heavy atom. The van der Waals surface area contributed by atoms with Crippen LogP contribution < -0.4 is 25.7 Å². The molecule has 9 rings (SSSR count). The van der Waals surface area contributed by atoms with E-state index in [9.17, 15) is 19.2 Å². The average molecular weight is 821 g/mol. The van der Waals surface area contributed by atoms with Gasteiger partial charge >= 0.3 is 0 Å². The van der Waals surface area contributed by atoms with Crippen molar-refractivity contribution in [2.75, 3.05) is 69.3 Å². The SMILES string of the molecule is CCn1nc(C(=O)N2CCN(c3c(C)cnc4ccccc34)CC2)c2ccccc2c1=O.CCn1nc(C(=O)N2CCN(c3cnccc3OC)CC2)c2ccccc2c1=O. The molecule has 0 N–H and O–H groups in total. The number of fused-ring (bicyclic) bond motifs is 3. The van der Waals surface area contributed by atoms with Crippen molar-refractivity contribution in [3.05, 3.63) is 135 Å². The van der Waals surface area contributed by atoms with Gasteiger partial charge in [-0.15, -0.1) is 0 Å². The highest BCUT2D eigenvalue weighted by atomic mass is 16.5. The van der Waals surface area contributed by atoms with E-state index in [1.165, 1.54) is 15.1 Å². The highest BCUT2D eigenvalue weighted by molar-refractivity contribution is 6.06. The van der Waals surface area contributed by atoms with E-state index in [0.717, 1.165) is 41.0 Å². The van der Waals surface area contributed by atoms with Gasteiger partial charge in [0.15, 0.2) is 11.4 Å².